The van der Waals surface area contributed by atoms with Gasteiger partial charge in [-0.15, -0.1) is 11.3 Å². The first kappa shape index (κ1) is 15.7. The first-order valence-electron chi connectivity index (χ1n) is 8.54. The molecule has 0 saturated heterocycles. The Bertz CT molecular complexity index is 756. The van der Waals surface area contributed by atoms with Gasteiger partial charge < -0.3 is 9.84 Å². The van der Waals surface area contributed by atoms with Crippen molar-refractivity contribution in [1.29, 1.82) is 0 Å². The third kappa shape index (κ3) is 2.43. The Morgan fingerprint density at radius 2 is 2.04 bits per heavy atom. The number of methoxy groups -OCH3 is 1. The Morgan fingerprint density at radius 3 is 2.83 bits per heavy atom. The standard InChI is InChI=1S/C19H23N2O2S/c1-23-16-9-5-4-8-15(16)20-14-19(22,17-10-7-13-24-17)21-12-6-2-3-11-18(20)21/h4-5,7-10,13,22H,2-3,6,11-12,14H2,1H3/q+1/t19-/m1/s1. The average molecular weight is 343 g/mol. The third-order valence-corrected chi connectivity index (χ3v) is 6.03. The molecule has 2 aromatic rings. The average Bonchev–Trinajstić information content (AvgIpc) is 3.16. The molecule has 3 heterocycles. The predicted octanol–water partition coefficient (Wildman–Crippen LogP) is 3.41. The number of ether oxygens (including phenoxy) is 1. The van der Waals surface area contributed by atoms with Crippen LogP contribution in [-0.2, 0) is 5.72 Å². The zero-order valence-electron chi connectivity index (χ0n) is 13.9. The van der Waals surface area contributed by atoms with Crippen LogP contribution in [0.3, 0.4) is 0 Å². The maximum absolute atomic E-state index is 11.6. The Kier molecular flexibility index (Phi) is 4.06. The SMILES string of the molecule is COc1ccccc1N1C[C@@](O)(c2cccs2)[N+]2=C1CCCCC2. The molecule has 0 bridgehead atoms. The normalized spacial score (nSPS) is 24.0. The first-order chi connectivity index (χ1) is 11.7. The molecular weight excluding hydrogens is 320 g/mol. The summed E-state index contributed by atoms with van der Waals surface area (Å²) in [5.41, 5.74) is 0.0868. The number of thiophene rings is 1. The van der Waals surface area contributed by atoms with Crippen LogP contribution in [-0.4, -0.2) is 35.7 Å². The van der Waals surface area contributed by atoms with Crippen LogP contribution in [0.25, 0.3) is 0 Å². The van der Waals surface area contributed by atoms with Crippen molar-refractivity contribution in [3.05, 3.63) is 46.7 Å². The molecule has 126 valence electrons. The van der Waals surface area contributed by atoms with Gasteiger partial charge >= 0.3 is 0 Å². The van der Waals surface area contributed by atoms with Crippen LogP contribution >= 0.6 is 11.3 Å². The van der Waals surface area contributed by atoms with E-state index in [1.807, 2.05) is 35.7 Å². The lowest BCUT2D eigenvalue weighted by Crippen LogP contribution is -2.40. The minimum Gasteiger partial charge on any atom is -0.492 e. The van der Waals surface area contributed by atoms with Crippen molar-refractivity contribution in [2.45, 2.75) is 31.4 Å². The van der Waals surface area contributed by atoms with E-state index in [0.29, 0.717) is 6.54 Å². The van der Waals surface area contributed by atoms with Gasteiger partial charge in [0.15, 0.2) is 18.0 Å². The number of rotatable bonds is 3. The Labute approximate surface area is 146 Å². The van der Waals surface area contributed by atoms with Gasteiger partial charge in [0, 0.05) is 6.42 Å². The monoisotopic (exact) mass is 343 g/mol. The third-order valence-electron chi connectivity index (χ3n) is 5.02. The van der Waals surface area contributed by atoms with E-state index in [1.165, 1.54) is 12.3 Å². The minimum atomic E-state index is -0.950. The van der Waals surface area contributed by atoms with E-state index in [0.717, 1.165) is 42.1 Å². The van der Waals surface area contributed by atoms with E-state index in [9.17, 15) is 5.11 Å². The smallest absolute Gasteiger partial charge is 0.280 e. The van der Waals surface area contributed by atoms with Crippen LogP contribution in [0.2, 0.25) is 0 Å². The van der Waals surface area contributed by atoms with Gasteiger partial charge in [-0.2, -0.15) is 0 Å². The van der Waals surface area contributed by atoms with Crippen molar-refractivity contribution in [3.8, 4) is 5.75 Å². The lowest BCUT2D eigenvalue weighted by Gasteiger charge is -2.22. The Hall–Kier alpha value is -1.85. The van der Waals surface area contributed by atoms with Crippen LogP contribution in [0.15, 0.2) is 41.8 Å². The molecule has 0 saturated carbocycles. The molecule has 1 aromatic carbocycles. The number of nitrogens with zero attached hydrogens (tertiary/aromatic N) is 2. The van der Waals surface area contributed by atoms with Crippen LogP contribution in [0.4, 0.5) is 5.69 Å². The van der Waals surface area contributed by atoms with Crippen LogP contribution in [0.1, 0.15) is 30.6 Å². The molecule has 4 rings (SSSR count). The lowest BCUT2D eigenvalue weighted by molar-refractivity contribution is -0.657. The quantitative estimate of drug-likeness (QED) is 0.868. The fourth-order valence-electron chi connectivity index (χ4n) is 3.86. The highest BCUT2D eigenvalue weighted by molar-refractivity contribution is 7.10. The largest absolute Gasteiger partial charge is 0.492 e. The van der Waals surface area contributed by atoms with E-state index in [2.05, 4.69) is 15.5 Å². The van der Waals surface area contributed by atoms with E-state index in [4.69, 9.17) is 4.74 Å². The maximum atomic E-state index is 11.6. The topological polar surface area (TPSA) is 35.7 Å². The van der Waals surface area contributed by atoms with E-state index in [1.54, 1.807) is 18.4 Å². The first-order valence-corrected chi connectivity index (χ1v) is 9.42. The second-order valence-electron chi connectivity index (χ2n) is 6.43. The highest BCUT2D eigenvalue weighted by Gasteiger charge is 2.53. The number of β-amino-alcohol motifs (C(OH)–C–C–N with tert-alkyl or cyclic N) is 1. The van der Waals surface area contributed by atoms with Gasteiger partial charge in [0.25, 0.3) is 11.6 Å². The van der Waals surface area contributed by atoms with Gasteiger partial charge in [0.1, 0.15) is 0 Å². The molecule has 1 aromatic heterocycles. The summed E-state index contributed by atoms with van der Waals surface area (Å²) in [7, 11) is 1.70. The number of aliphatic hydroxyl groups is 1. The molecule has 5 heteroatoms. The molecule has 1 atom stereocenters. The molecule has 0 spiro atoms. The number of amidine groups is 1. The van der Waals surface area contributed by atoms with Crippen molar-refractivity contribution in [2.75, 3.05) is 25.1 Å². The van der Waals surface area contributed by atoms with Crippen LogP contribution in [0.5, 0.6) is 5.75 Å². The number of benzene rings is 1. The fourth-order valence-corrected chi connectivity index (χ4v) is 4.69. The molecule has 2 aliphatic rings. The molecule has 0 aliphatic carbocycles. The summed E-state index contributed by atoms with van der Waals surface area (Å²) in [6.45, 7) is 1.44. The number of hydrogen-bond acceptors (Lipinski definition) is 4. The summed E-state index contributed by atoms with van der Waals surface area (Å²) in [5.74, 6) is 2.07. The van der Waals surface area contributed by atoms with Crippen molar-refractivity contribution >= 4 is 22.9 Å². The highest BCUT2D eigenvalue weighted by atomic mass is 32.1. The number of hydrogen-bond donors (Lipinski definition) is 1. The second kappa shape index (κ2) is 6.22. The summed E-state index contributed by atoms with van der Waals surface area (Å²) in [6, 6.07) is 12.1. The van der Waals surface area contributed by atoms with Crippen LogP contribution in [0, 0.1) is 0 Å². The summed E-state index contributed by atoms with van der Waals surface area (Å²) >= 11 is 1.63. The molecule has 0 unspecified atom stereocenters. The van der Waals surface area contributed by atoms with Crippen molar-refractivity contribution in [3.63, 3.8) is 0 Å². The molecular formula is C19H23N2O2S+. The number of para-hydroxylation sites is 2. The van der Waals surface area contributed by atoms with Gasteiger partial charge in [-0.05, 0) is 42.8 Å². The fraction of sp³-hybridized carbons (Fsp3) is 0.421. The van der Waals surface area contributed by atoms with E-state index < -0.39 is 5.72 Å². The molecule has 0 radical (unpaired) electrons. The van der Waals surface area contributed by atoms with Gasteiger partial charge in [-0.3, -0.25) is 0 Å². The molecule has 4 nitrogen and oxygen atoms in total. The van der Waals surface area contributed by atoms with Gasteiger partial charge in [-0.25, -0.2) is 9.48 Å². The van der Waals surface area contributed by atoms with E-state index in [-0.39, 0.29) is 0 Å². The van der Waals surface area contributed by atoms with Gasteiger partial charge in [0.2, 0.25) is 0 Å². The predicted molar refractivity (Wildman–Crippen MR) is 97.2 cm³/mol. The summed E-state index contributed by atoms with van der Waals surface area (Å²) in [4.78, 5) is 3.27. The second-order valence-corrected chi connectivity index (χ2v) is 7.38. The van der Waals surface area contributed by atoms with Crippen molar-refractivity contribution in [1.82, 2.24) is 0 Å². The zero-order valence-corrected chi connectivity index (χ0v) is 14.8. The van der Waals surface area contributed by atoms with Gasteiger partial charge in [0.05, 0.1) is 18.5 Å². The molecule has 0 fully saturated rings. The maximum Gasteiger partial charge on any atom is 0.280 e. The molecule has 0 amide bonds. The summed E-state index contributed by atoms with van der Waals surface area (Å²) < 4.78 is 7.80. The summed E-state index contributed by atoms with van der Waals surface area (Å²) in [5, 5.41) is 13.6. The summed E-state index contributed by atoms with van der Waals surface area (Å²) in [6.07, 6.45) is 4.49. The van der Waals surface area contributed by atoms with Crippen molar-refractivity contribution in [2.24, 2.45) is 0 Å². The van der Waals surface area contributed by atoms with Crippen LogP contribution < -0.4 is 9.64 Å². The molecule has 1 N–H and O–H groups in total. The van der Waals surface area contributed by atoms with Gasteiger partial charge in [-0.1, -0.05) is 18.2 Å². The number of anilines is 1. The Morgan fingerprint density at radius 1 is 1.17 bits per heavy atom. The lowest BCUT2D eigenvalue weighted by atomic mass is 10.1. The van der Waals surface area contributed by atoms with E-state index >= 15 is 0 Å². The molecule has 2 aliphatic heterocycles. The minimum absolute atomic E-state index is 0.545. The highest BCUT2D eigenvalue weighted by Crippen LogP contribution is 2.39. The molecule has 24 heavy (non-hydrogen) atoms. The Balaban J connectivity index is 1.83. The van der Waals surface area contributed by atoms with Crippen molar-refractivity contribution < 1.29 is 14.4 Å². The zero-order chi connectivity index (χ0) is 16.6.